The van der Waals surface area contributed by atoms with Crippen molar-refractivity contribution in [1.82, 2.24) is 0 Å². The SMILES string of the molecule is C=CC(=O)OCC(O)(CC)COCCOc1ccc2ccccc2c1. The summed E-state index contributed by atoms with van der Waals surface area (Å²) in [6.45, 7) is 5.75. The van der Waals surface area contributed by atoms with E-state index in [1.807, 2.05) is 42.5 Å². The third kappa shape index (κ3) is 5.89. The summed E-state index contributed by atoms with van der Waals surface area (Å²) < 4.78 is 16.0. The Bertz CT molecular complexity index is 712. The molecular weight excluding hydrogens is 320 g/mol. The van der Waals surface area contributed by atoms with Crippen LogP contribution in [-0.4, -0.2) is 43.1 Å². The first-order valence-electron chi connectivity index (χ1n) is 8.27. The fourth-order valence-corrected chi connectivity index (χ4v) is 2.25. The van der Waals surface area contributed by atoms with Crippen molar-refractivity contribution >= 4 is 16.7 Å². The summed E-state index contributed by atoms with van der Waals surface area (Å²) in [7, 11) is 0. The van der Waals surface area contributed by atoms with Gasteiger partial charge in [0.25, 0.3) is 0 Å². The molecular formula is C20H24O5. The molecule has 2 rings (SSSR count). The summed E-state index contributed by atoms with van der Waals surface area (Å²) in [5.74, 6) is 0.208. The van der Waals surface area contributed by atoms with Gasteiger partial charge in [-0.1, -0.05) is 43.8 Å². The molecule has 1 unspecified atom stereocenters. The molecule has 0 bridgehead atoms. The van der Waals surface area contributed by atoms with Crippen LogP contribution in [0.5, 0.6) is 5.75 Å². The second-order valence-electron chi connectivity index (χ2n) is 5.80. The molecule has 5 heteroatoms. The van der Waals surface area contributed by atoms with Crippen molar-refractivity contribution < 1.29 is 24.1 Å². The van der Waals surface area contributed by atoms with Gasteiger partial charge in [-0.05, 0) is 29.3 Å². The van der Waals surface area contributed by atoms with Gasteiger partial charge in [0.1, 0.15) is 24.6 Å². The lowest BCUT2D eigenvalue weighted by Gasteiger charge is -2.25. The number of hydrogen-bond donors (Lipinski definition) is 1. The van der Waals surface area contributed by atoms with Crippen molar-refractivity contribution in [2.75, 3.05) is 26.4 Å². The number of ether oxygens (including phenoxy) is 3. The number of aliphatic hydroxyl groups is 1. The van der Waals surface area contributed by atoms with Gasteiger partial charge in [-0.3, -0.25) is 0 Å². The fraction of sp³-hybridized carbons (Fsp3) is 0.350. The van der Waals surface area contributed by atoms with Crippen LogP contribution in [0.1, 0.15) is 13.3 Å². The molecule has 134 valence electrons. The maximum absolute atomic E-state index is 11.1. The van der Waals surface area contributed by atoms with Crippen molar-refractivity contribution in [3.05, 3.63) is 55.1 Å². The van der Waals surface area contributed by atoms with Crippen molar-refractivity contribution in [3.63, 3.8) is 0 Å². The third-order valence-corrected chi connectivity index (χ3v) is 3.90. The number of carbonyl (C=O) groups is 1. The standard InChI is InChI=1S/C20H24O5/c1-3-19(21)25-15-20(22,4-2)14-23-11-12-24-18-10-9-16-7-5-6-8-17(16)13-18/h3,5-10,13,22H,1,4,11-12,14-15H2,2H3. The summed E-state index contributed by atoms with van der Waals surface area (Å²) in [5, 5.41) is 12.6. The van der Waals surface area contributed by atoms with Crippen LogP contribution in [0.25, 0.3) is 10.8 Å². The van der Waals surface area contributed by atoms with Gasteiger partial charge in [0, 0.05) is 6.08 Å². The molecule has 0 amide bonds. The zero-order valence-electron chi connectivity index (χ0n) is 14.4. The van der Waals surface area contributed by atoms with E-state index in [0.717, 1.165) is 22.6 Å². The number of benzene rings is 2. The normalized spacial score (nSPS) is 13.2. The van der Waals surface area contributed by atoms with E-state index in [2.05, 4.69) is 6.58 Å². The Balaban J connectivity index is 1.73. The molecule has 0 saturated carbocycles. The zero-order valence-corrected chi connectivity index (χ0v) is 14.4. The maximum atomic E-state index is 11.1. The van der Waals surface area contributed by atoms with E-state index < -0.39 is 11.6 Å². The Morgan fingerprint density at radius 1 is 1.16 bits per heavy atom. The van der Waals surface area contributed by atoms with E-state index >= 15 is 0 Å². The lowest BCUT2D eigenvalue weighted by Crippen LogP contribution is -2.40. The van der Waals surface area contributed by atoms with Gasteiger partial charge in [0.15, 0.2) is 0 Å². The van der Waals surface area contributed by atoms with Gasteiger partial charge < -0.3 is 19.3 Å². The minimum atomic E-state index is -1.21. The van der Waals surface area contributed by atoms with Crippen LogP contribution in [0.15, 0.2) is 55.1 Å². The monoisotopic (exact) mass is 344 g/mol. The van der Waals surface area contributed by atoms with Gasteiger partial charge in [-0.15, -0.1) is 0 Å². The van der Waals surface area contributed by atoms with Gasteiger partial charge in [-0.2, -0.15) is 0 Å². The fourth-order valence-electron chi connectivity index (χ4n) is 2.25. The highest BCUT2D eigenvalue weighted by atomic mass is 16.6. The Morgan fingerprint density at radius 2 is 1.92 bits per heavy atom. The van der Waals surface area contributed by atoms with Crippen molar-refractivity contribution in [2.45, 2.75) is 18.9 Å². The van der Waals surface area contributed by atoms with Crippen molar-refractivity contribution in [2.24, 2.45) is 0 Å². The molecule has 0 heterocycles. The van der Waals surface area contributed by atoms with Gasteiger partial charge >= 0.3 is 5.97 Å². The average molecular weight is 344 g/mol. The Labute approximate surface area is 147 Å². The molecule has 1 N–H and O–H groups in total. The number of esters is 1. The van der Waals surface area contributed by atoms with Gasteiger partial charge in [-0.25, -0.2) is 4.79 Å². The number of hydrogen-bond acceptors (Lipinski definition) is 5. The van der Waals surface area contributed by atoms with Crippen LogP contribution >= 0.6 is 0 Å². The first kappa shape index (κ1) is 19.0. The predicted molar refractivity (Wildman–Crippen MR) is 96.7 cm³/mol. The predicted octanol–water partition coefficient (Wildman–Crippen LogP) is 3.11. The Hall–Kier alpha value is -2.37. The van der Waals surface area contributed by atoms with Crippen LogP contribution in [0.2, 0.25) is 0 Å². The van der Waals surface area contributed by atoms with Crippen molar-refractivity contribution in [3.8, 4) is 5.75 Å². The molecule has 0 fully saturated rings. The number of carbonyl (C=O) groups excluding carboxylic acids is 1. The molecule has 5 nitrogen and oxygen atoms in total. The quantitative estimate of drug-likeness (QED) is 0.408. The first-order valence-corrected chi connectivity index (χ1v) is 8.27. The zero-order chi connectivity index (χ0) is 18.1. The van der Waals surface area contributed by atoms with Crippen LogP contribution in [0.3, 0.4) is 0 Å². The van der Waals surface area contributed by atoms with Crippen LogP contribution in [-0.2, 0) is 14.3 Å². The second kappa shape index (κ2) is 9.20. The van der Waals surface area contributed by atoms with E-state index in [9.17, 15) is 9.90 Å². The summed E-state index contributed by atoms with van der Waals surface area (Å²) in [6.07, 6.45) is 1.47. The van der Waals surface area contributed by atoms with Gasteiger partial charge in [0.2, 0.25) is 0 Å². The van der Waals surface area contributed by atoms with Crippen LogP contribution in [0, 0.1) is 0 Å². The first-order chi connectivity index (χ1) is 12.1. The minimum absolute atomic E-state index is 0.0645. The highest BCUT2D eigenvalue weighted by molar-refractivity contribution is 5.83. The molecule has 0 aliphatic rings. The van der Waals surface area contributed by atoms with Crippen LogP contribution < -0.4 is 4.74 Å². The van der Waals surface area contributed by atoms with E-state index in [0.29, 0.717) is 19.6 Å². The Morgan fingerprint density at radius 3 is 2.64 bits per heavy atom. The summed E-state index contributed by atoms with van der Waals surface area (Å²) in [5.41, 5.74) is -1.21. The molecule has 2 aromatic carbocycles. The molecule has 0 saturated heterocycles. The highest BCUT2D eigenvalue weighted by Crippen LogP contribution is 2.20. The average Bonchev–Trinajstić information content (AvgIpc) is 2.65. The summed E-state index contributed by atoms with van der Waals surface area (Å²) in [6, 6.07) is 14.0. The topological polar surface area (TPSA) is 65.0 Å². The van der Waals surface area contributed by atoms with Gasteiger partial charge in [0.05, 0.1) is 13.2 Å². The number of rotatable bonds is 10. The maximum Gasteiger partial charge on any atom is 0.330 e. The van der Waals surface area contributed by atoms with Crippen LogP contribution in [0.4, 0.5) is 0 Å². The molecule has 0 radical (unpaired) electrons. The third-order valence-electron chi connectivity index (χ3n) is 3.90. The van der Waals surface area contributed by atoms with E-state index in [4.69, 9.17) is 14.2 Å². The van der Waals surface area contributed by atoms with E-state index in [1.54, 1.807) is 6.92 Å². The van der Waals surface area contributed by atoms with E-state index in [1.165, 1.54) is 0 Å². The molecule has 25 heavy (non-hydrogen) atoms. The summed E-state index contributed by atoms with van der Waals surface area (Å²) in [4.78, 5) is 11.1. The van der Waals surface area contributed by atoms with Crippen molar-refractivity contribution in [1.29, 1.82) is 0 Å². The molecule has 2 aromatic rings. The summed E-state index contributed by atoms with van der Waals surface area (Å²) >= 11 is 0. The largest absolute Gasteiger partial charge is 0.491 e. The molecule has 0 aromatic heterocycles. The molecule has 0 aliphatic heterocycles. The lowest BCUT2D eigenvalue weighted by atomic mass is 10.0. The highest BCUT2D eigenvalue weighted by Gasteiger charge is 2.26. The second-order valence-corrected chi connectivity index (χ2v) is 5.80. The number of fused-ring (bicyclic) bond motifs is 1. The molecule has 0 spiro atoms. The lowest BCUT2D eigenvalue weighted by molar-refractivity contribution is -0.150. The molecule has 1 atom stereocenters. The minimum Gasteiger partial charge on any atom is -0.491 e. The smallest absolute Gasteiger partial charge is 0.330 e. The Kier molecular flexibility index (Phi) is 6.98. The van der Waals surface area contributed by atoms with E-state index in [-0.39, 0.29) is 13.2 Å². The molecule has 0 aliphatic carbocycles.